The van der Waals surface area contributed by atoms with Crippen LogP contribution < -0.4 is 19.5 Å². The van der Waals surface area contributed by atoms with Gasteiger partial charge in [0.15, 0.2) is 5.11 Å². The van der Waals surface area contributed by atoms with E-state index in [1.807, 2.05) is 30.3 Å². The molecule has 3 aromatic rings. The van der Waals surface area contributed by atoms with E-state index in [1.54, 1.807) is 18.2 Å². The van der Waals surface area contributed by atoms with E-state index in [4.69, 9.17) is 21.7 Å². The van der Waals surface area contributed by atoms with Crippen LogP contribution in [0.1, 0.15) is 0 Å². The summed E-state index contributed by atoms with van der Waals surface area (Å²) in [6.45, 7) is 0. The first-order chi connectivity index (χ1) is 13.9. The van der Waals surface area contributed by atoms with Gasteiger partial charge in [-0.05, 0) is 23.8 Å². The lowest BCUT2D eigenvalue weighted by atomic mass is 10.1. The summed E-state index contributed by atoms with van der Waals surface area (Å²) in [5.41, 5.74) is 1.31. The van der Waals surface area contributed by atoms with Crippen molar-refractivity contribution in [2.45, 2.75) is 4.90 Å². The summed E-state index contributed by atoms with van der Waals surface area (Å²) in [6, 6.07) is 15.8. The van der Waals surface area contributed by atoms with Gasteiger partial charge in [-0.3, -0.25) is 4.72 Å². The van der Waals surface area contributed by atoms with Gasteiger partial charge in [-0.15, -0.1) is 4.98 Å². The van der Waals surface area contributed by atoms with Crippen LogP contribution in [-0.4, -0.2) is 42.7 Å². The van der Waals surface area contributed by atoms with Crippen molar-refractivity contribution in [1.82, 2.24) is 19.7 Å². The van der Waals surface area contributed by atoms with Gasteiger partial charge in [0.1, 0.15) is 0 Å². The predicted octanol–water partition coefficient (Wildman–Crippen LogP) is 2.23. The molecule has 0 aliphatic heterocycles. The van der Waals surface area contributed by atoms with Gasteiger partial charge in [0, 0.05) is 5.56 Å². The van der Waals surface area contributed by atoms with Crippen LogP contribution in [0.25, 0.3) is 11.1 Å². The molecule has 9 nitrogen and oxygen atoms in total. The smallest absolute Gasteiger partial charge is 0.324 e. The average Bonchev–Trinajstić information content (AvgIpc) is 2.73. The number of nitrogens with zero attached hydrogens (tertiary/aromatic N) is 3. The van der Waals surface area contributed by atoms with Crippen LogP contribution in [0.5, 0.6) is 12.0 Å². The van der Waals surface area contributed by atoms with Crippen molar-refractivity contribution in [2.24, 2.45) is 0 Å². The standard InChI is InChI=1S/C18H17N5O4S2/c1-26-16-19-15(20-17(22-16)27-2)21-18(28)23-29(24,25)14-11-7-6-10-13(14)12-8-4-3-5-9-12/h3-11H,1-2H3,(H2,19,20,21,22,23,28). The molecule has 0 aliphatic carbocycles. The third-order valence-electron chi connectivity index (χ3n) is 3.67. The lowest BCUT2D eigenvalue weighted by Gasteiger charge is -2.14. The summed E-state index contributed by atoms with van der Waals surface area (Å²) in [5.74, 6) is -0.0299. The van der Waals surface area contributed by atoms with E-state index < -0.39 is 10.0 Å². The second kappa shape index (κ2) is 8.80. The van der Waals surface area contributed by atoms with Crippen LogP contribution in [0, 0.1) is 0 Å². The van der Waals surface area contributed by atoms with Crippen LogP contribution in [0.2, 0.25) is 0 Å². The normalized spacial score (nSPS) is 10.8. The third-order valence-corrected chi connectivity index (χ3v) is 5.41. The summed E-state index contributed by atoms with van der Waals surface area (Å²) in [6.07, 6.45) is 0. The quantitative estimate of drug-likeness (QED) is 0.567. The number of thiocarbonyl (C=S) groups is 1. The van der Waals surface area contributed by atoms with Crippen molar-refractivity contribution in [3.63, 3.8) is 0 Å². The Kier molecular flexibility index (Phi) is 6.20. The predicted molar refractivity (Wildman–Crippen MR) is 111 cm³/mol. The molecule has 1 aromatic heterocycles. The maximum absolute atomic E-state index is 12.9. The monoisotopic (exact) mass is 431 g/mol. The maximum Gasteiger partial charge on any atom is 0.324 e. The molecule has 0 saturated carbocycles. The number of sulfonamides is 1. The fraction of sp³-hybridized carbons (Fsp3) is 0.111. The molecule has 0 fully saturated rings. The molecule has 0 saturated heterocycles. The van der Waals surface area contributed by atoms with Crippen molar-refractivity contribution in [3.05, 3.63) is 54.6 Å². The van der Waals surface area contributed by atoms with Gasteiger partial charge in [0.25, 0.3) is 10.0 Å². The number of benzene rings is 2. The van der Waals surface area contributed by atoms with Gasteiger partial charge in [-0.25, -0.2) is 8.42 Å². The zero-order valence-corrected chi connectivity index (χ0v) is 17.1. The highest BCUT2D eigenvalue weighted by Crippen LogP contribution is 2.26. The molecule has 2 aromatic carbocycles. The Morgan fingerprint density at radius 1 is 0.897 bits per heavy atom. The molecule has 0 bridgehead atoms. The van der Waals surface area contributed by atoms with Gasteiger partial charge >= 0.3 is 12.0 Å². The van der Waals surface area contributed by atoms with E-state index >= 15 is 0 Å². The van der Waals surface area contributed by atoms with Gasteiger partial charge in [0.05, 0.1) is 19.1 Å². The third kappa shape index (κ3) is 4.95. The summed E-state index contributed by atoms with van der Waals surface area (Å²) >= 11 is 5.12. The molecule has 0 aliphatic rings. The number of nitrogens with one attached hydrogen (secondary N) is 2. The lowest BCUT2D eigenvalue weighted by Crippen LogP contribution is -2.35. The number of hydrogen-bond acceptors (Lipinski definition) is 8. The molecule has 11 heteroatoms. The Balaban J connectivity index is 1.85. The van der Waals surface area contributed by atoms with E-state index in [0.717, 1.165) is 5.56 Å². The first kappa shape index (κ1) is 20.4. The summed E-state index contributed by atoms with van der Waals surface area (Å²) in [4.78, 5) is 11.8. The number of hydrogen-bond donors (Lipinski definition) is 2. The van der Waals surface area contributed by atoms with Crippen LogP contribution in [0.3, 0.4) is 0 Å². The summed E-state index contributed by atoms with van der Waals surface area (Å²) < 4.78 is 38.1. The highest BCUT2D eigenvalue weighted by atomic mass is 32.2. The molecule has 29 heavy (non-hydrogen) atoms. The second-order valence-corrected chi connectivity index (χ2v) is 7.61. The zero-order valence-electron chi connectivity index (χ0n) is 15.5. The largest absolute Gasteiger partial charge is 0.467 e. The topological polar surface area (TPSA) is 115 Å². The Morgan fingerprint density at radius 2 is 1.48 bits per heavy atom. The minimum atomic E-state index is -3.98. The SMILES string of the molecule is COc1nc(NC(=S)NS(=O)(=O)c2ccccc2-c2ccccc2)nc(OC)n1. The van der Waals surface area contributed by atoms with Crippen molar-refractivity contribution in [1.29, 1.82) is 0 Å². The molecule has 0 atom stereocenters. The van der Waals surface area contributed by atoms with Crippen LogP contribution >= 0.6 is 12.2 Å². The number of anilines is 1. The lowest BCUT2D eigenvalue weighted by molar-refractivity contribution is 0.341. The first-order valence-corrected chi connectivity index (χ1v) is 10.1. The number of methoxy groups -OCH3 is 2. The molecule has 150 valence electrons. The molecule has 0 unspecified atom stereocenters. The van der Waals surface area contributed by atoms with Crippen molar-refractivity contribution in [2.75, 3.05) is 19.5 Å². The molecule has 1 heterocycles. The van der Waals surface area contributed by atoms with Crippen molar-refractivity contribution >= 4 is 33.3 Å². The first-order valence-electron chi connectivity index (χ1n) is 8.25. The number of aromatic nitrogens is 3. The number of ether oxygens (including phenoxy) is 2. The van der Waals surface area contributed by atoms with E-state index in [0.29, 0.717) is 5.56 Å². The van der Waals surface area contributed by atoms with E-state index in [9.17, 15) is 8.42 Å². The molecule has 0 amide bonds. The molecule has 3 rings (SSSR count). The Hall–Kier alpha value is -3.31. The number of rotatable bonds is 6. The molecular formula is C18H17N5O4S2. The van der Waals surface area contributed by atoms with Crippen LogP contribution in [0.15, 0.2) is 59.5 Å². The van der Waals surface area contributed by atoms with E-state index in [1.165, 1.54) is 20.3 Å². The zero-order chi connectivity index (χ0) is 20.9. The maximum atomic E-state index is 12.9. The average molecular weight is 431 g/mol. The Bertz CT molecular complexity index is 1100. The van der Waals surface area contributed by atoms with Crippen LogP contribution in [0.4, 0.5) is 5.95 Å². The minimum Gasteiger partial charge on any atom is -0.467 e. The summed E-state index contributed by atoms with van der Waals surface area (Å²) in [5, 5.41) is 2.38. The van der Waals surface area contributed by atoms with Crippen molar-refractivity contribution < 1.29 is 17.9 Å². The van der Waals surface area contributed by atoms with Gasteiger partial charge in [-0.2, -0.15) is 9.97 Å². The van der Waals surface area contributed by atoms with E-state index in [-0.39, 0.29) is 28.0 Å². The van der Waals surface area contributed by atoms with Crippen molar-refractivity contribution in [3.8, 4) is 23.1 Å². The van der Waals surface area contributed by atoms with Gasteiger partial charge in [-0.1, -0.05) is 48.5 Å². The van der Waals surface area contributed by atoms with Crippen LogP contribution in [-0.2, 0) is 10.0 Å². The van der Waals surface area contributed by atoms with Gasteiger partial charge in [0.2, 0.25) is 5.95 Å². The van der Waals surface area contributed by atoms with Gasteiger partial charge < -0.3 is 14.8 Å². The molecule has 2 N–H and O–H groups in total. The summed E-state index contributed by atoms with van der Waals surface area (Å²) in [7, 11) is -1.23. The highest BCUT2D eigenvalue weighted by Gasteiger charge is 2.21. The fourth-order valence-corrected chi connectivity index (χ4v) is 4.00. The highest BCUT2D eigenvalue weighted by molar-refractivity contribution is 7.92. The van der Waals surface area contributed by atoms with E-state index in [2.05, 4.69) is 25.0 Å². The molecular weight excluding hydrogens is 414 g/mol. The fourth-order valence-electron chi connectivity index (χ4n) is 2.44. The second-order valence-electron chi connectivity index (χ2n) is 5.55. The molecule has 0 spiro atoms. The Labute approximate surface area is 173 Å². The molecule has 0 radical (unpaired) electrons. The minimum absolute atomic E-state index is 0.0144. The Morgan fingerprint density at radius 3 is 2.10 bits per heavy atom.